The van der Waals surface area contributed by atoms with Crippen LogP contribution in [0, 0.1) is 0 Å². The first-order valence-corrected chi connectivity index (χ1v) is 7.28. The number of hydrogen-bond acceptors (Lipinski definition) is 6. The highest BCUT2D eigenvalue weighted by molar-refractivity contribution is 7.90. The van der Waals surface area contributed by atoms with E-state index in [-0.39, 0.29) is 23.3 Å². The number of nitrogens with zero attached hydrogens (tertiary/aromatic N) is 4. The normalized spacial score (nSPS) is 14.6. The van der Waals surface area contributed by atoms with Gasteiger partial charge in [-0.1, -0.05) is 0 Å². The summed E-state index contributed by atoms with van der Waals surface area (Å²) in [5.41, 5.74) is 8.07. The second-order valence-corrected chi connectivity index (χ2v) is 5.72. The number of rotatable bonds is 4. The Kier molecular flexibility index (Phi) is 4.11. The van der Waals surface area contributed by atoms with E-state index in [1.54, 1.807) is 0 Å². The SMILES string of the molecule is [N-]=[N+]=NS(=O)(=O)c1ccc(C(=O)ON2C(=O)CCC2=O)cc1. The van der Waals surface area contributed by atoms with E-state index < -0.39 is 27.8 Å². The molecular formula is C11H8N4O6S. The third-order valence-electron chi connectivity index (χ3n) is 2.71. The molecule has 1 aliphatic heterocycles. The lowest BCUT2D eigenvalue weighted by Crippen LogP contribution is -2.32. The van der Waals surface area contributed by atoms with Crippen LogP contribution in [0.2, 0.25) is 0 Å². The van der Waals surface area contributed by atoms with Crippen LogP contribution in [0.15, 0.2) is 33.7 Å². The topological polar surface area (TPSA) is 147 Å². The molecule has 0 bridgehead atoms. The molecule has 0 N–H and O–H groups in total. The molecule has 11 heteroatoms. The second-order valence-electron chi connectivity index (χ2n) is 4.13. The van der Waals surface area contributed by atoms with Gasteiger partial charge in [-0.3, -0.25) is 9.59 Å². The van der Waals surface area contributed by atoms with E-state index in [0.29, 0.717) is 5.06 Å². The number of amides is 2. The molecule has 0 spiro atoms. The number of hydrogen-bond donors (Lipinski definition) is 0. The molecular weight excluding hydrogens is 316 g/mol. The van der Waals surface area contributed by atoms with Crippen LogP contribution in [0.5, 0.6) is 0 Å². The Morgan fingerprint density at radius 3 is 2.23 bits per heavy atom. The molecule has 1 aromatic rings. The van der Waals surface area contributed by atoms with Crippen molar-refractivity contribution >= 4 is 27.8 Å². The van der Waals surface area contributed by atoms with Gasteiger partial charge in [-0.2, -0.15) is 0 Å². The van der Waals surface area contributed by atoms with Gasteiger partial charge in [0.05, 0.1) is 10.5 Å². The summed E-state index contributed by atoms with van der Waals surface area (Å²) in [6.07, 6.45) is -0.0646. The Balaban J connectivity index is 2.17. The van der Waals surface area contributed by atoms with Gasteiger partial charge in [0.25, 0.3) is 21.8 Å². The summed E-state index contributed by atoms with van der Waals surface area (Å²) in [6, 6.07) is 4.28. The van der Waals surface area contributed by atoms with Crippen LogP contribution in [-0.2, 0) is 24.4 Å². The first-order valence-electron chi connectivity index (χ1n) is 5.84. The third-order valence-corrected chi connectivity index (χ3v) is 3.87. The van der Waals surface area contributed by atoms with Crippen LogP contribution in [0.25, 0.3) is 10.4 Å². The van der Waals surface area contributed by atoms with Gasteiger partial charge in [-0.05, 0) is 29.8 Å². The average Bonchev–Trinajstić information content (AvgIpc) is 2.79. The van der Waals surface area contributed by atoms with Gasteiger partial charge >= 0.3 is 5.97 Å². The van der Waals surface area contributed by atoms with Crippen LogP contribution in [-0.4, -0.2) is 31.3 Å². The molecule has 1 aromatic carbocycles. The first-order chi connectivity index (χ1) is 10.3. The number of benzene rings is 1. The van der Waals surface area contributed by atoms with Gasteiger partial charge < -0.3 is 4.84 Å². The van der Waals surface area contributed by atoms with E-state index >= 15 is 0 Å². The maximum atomic E-state index is 11.8. The van der Waals surface area contributed by atoms with E-state index in [1.807, 2.05) is 0 Å². The Hall–Kier alpha value is -2.91. The lowest BCUT2D eigenvalue weighted by molar-refractivity contribution is -0.172. The van der Waals surface area contributed by atoms with Crippen molar-refractivity contribution in [1.82, 2.24) is 5.06 Å². The zero-order valence-electron chi connectivity index (χ0n) is 10.9. The van der Waals surface area contributed by atoms with Crippen LogP contribution in [0.4, 0.5) is 0 Å². The highest BCUT2D eigenvalue weighted by atomic mass is 32.2. The first kappa shape index (κ1) is 15.5. The summed E-state index contributed by atoms with van der Waals surface area (Å²) >= 11 is 0. The number of sulfonamides is 1. The molecule has 1 saturated heterocycles. The molecule has 2 rings (SSSR count). The van der Waals surface area contributed by atoms with Crippen molar-refractivity contribution in [1.29, 1.82) is 0 Å². The minimum absolute atomic E-state index is 0.0323. The summed E-state index contributed by atoms with van der Waals surface area (Å²) in [4.78, 5) is 40.9. The van der Waals surface area contributed by atoms with Crippen molar-refractivity contribution in [3.05, 3.63) is 40.3 Å². The molecule has 22 heavy (non-hydrogen) atoms. The molecule has 0 atom stereocenters. The lowest BCUT2D eigenvalue weighted by atomic mass is 10.2. The van der Waals surface area contributed by atoms with E-state index in [1.165, 1.54) is 0 Å². The van der Waals surface area contributed by atoms with Gasteiger partial charge in [0.15, 0.2) is 0 Å². The monoisotopic (exact) mass is 324 g/mol. The van der Waals surface area contributed by atoms with E-state index in [4.69, 9.17) is 5.53 Å². The predicted molar refractivity (Wildman–Crippen MR) is 69.3 cm³/mol. The lowest BCUT2D eigenvalue weighted by Gasteiger charge is -2.12. The van der Waals surface area contributed by atoms with Gasteiger partial charge in [-0.25, -0.2) is 13.2 Å². The second kappa shape index (κ2) is 5.84. The van der Waals surface area contributed by atoms with Crippen LogP contribution in [0.3, 0.4) is 0 Å². The minimum atomic E-state index is -4.16. The number of hydroxylamine groups is 2. The molecule has 1 heterocycles. The van der Waals surface area contributed by atoms with Crippen molar-refractivity contribution < 1.29 is 27.6 Å². The summed E-state index contributed by atoms with van der Waals surface area (Å²) in [5, 5.41) is 0.382. The number of imide groups is 1. The smallest absolute Gasteiger partial charge is 0.325 e. The number of carbonyl (C=O) groups excluding carboxylic acids is 3. The van der Waals surface area contributed by atoms with E-state index in [9.17, 15) is 22.8 Å². The standard InChI is InChI=1S/C11H8N4O6S/c12-13-14-22(19,20)8-3-1-7(2-4-8)11(18)21-15-9(16)5-6-10(15)17/h1-4H,5-6H2. The van der Waals surface area contributed by atoms with Crippen molar-refractivity contribution in [2.75, 3.05) is 0 Å². The Bertz CT molecular complexity index is 778. The zero-order valence-corrected chi connectivity index (χ0v) is 11.7. The predicted octanol–water partition coefficient (Wildman–Crippen LogP) is 0.906. The fourth-order valence-electron chi connectivity index (χ4n) is 1.65. The Labute approximate surface area is 123 Å². The van der Waals surface area contributed by atoms with Crippen molar-refractivity contribution in [3.8, 4) is 0 Å². The molecule has 0 radical (unpaired) electrons. The fraction of sp³-hybridized carbons (Fsp3) is 0.182. The summed E-state index contributed by atoms with van der Waals surface area (Å²) in [5.74, 6) is -2.24. The Morgan fingerprint density at radius 1 is 1.18 bits per heavy atom. The van der Waals surface area contributed by atoms with Gasteiger partial charge in [0, 0.05) is 22.3 Å². The molecule has 114 valence electrons. The van der Waals surface area contributed by atoms with E-state index in [2.05, 4.69) is 14.3 Å². The molecule has 0 aromatic heterocycles. The van der Waals surface area contributed by atoms with Gasteiger partial charge in [-0.15, -0.1) is 5.06 Å². The maximum Gasteiger partial charge on any atom is 0.363 e. The summed E-state index contributed by atoms with van der Waals surface area (Å²) < 4.78 is 25.5. The molecule has 1 fully saturated rings. The van der Waals surface area contributed by atoms with Gasteiger partial charge in [0.1, 0.15) is 0 Å². The molecule has 10 nitrogen and oxygen atoms in total. The van der Waals surface area contributed by atoms with Gasteiger partial charge in [0.2, 0.25) is 0 Å². The third kappa shape index (κ3) is 3.05. The van der Waals surface area contributed by atoms with Crippen LogP contribution < -0.4 is 0 Å². The quantitative estimate of drug-likeness (QED) is 0.348. The maximum absolute atomic E-state index is 11.8. The zero-order chi connectivity index (χ0) is 16.3. The minimum Gasteiger partial charge on any atom is -0.325 e. The van der Waals surface area contributed by atoms with Crippen molar-refractivity contribution in [2.24, 2.45) is 4.52 Å². The molecule has 0 unspecified atom stereocenters. The summed E-state index contributed by atoms with van der Waals surface area (Å²) in [6.45, 7) is 0. The number of azide groups is 1. The van der Waals surface area contributed by atoms with Crippen molar-refractivity contribution in [3.63, 3.8) is 0 Å². The molecule has 2 amide bonds. The highest BCUT2D eigenvalue weighted by Crippen LogP contribution is 2.17. The fourth-order valence-corrected chi connectivity index (χ4v) is 2.32. The van der Waals surface area contributed by atoms with E-state index in [0.717, 1.165) is 24.3 Å². The Morgan fingerprint density at radius 2 is 1.73 bits per heavy atom. The highest BCUT2D eigenvalue weighted by Gasteiger charge is 2.33. The summed E-state index contributed by atoms with van der Waals surface area (Å²) in [7, 11) is -4.16. The van der Waals surface area contributed by atoms with Crippen molar-refractivity contribution in [2.45, 2.75) is 17.7 Å². The largest absolute Gasteiger partial charge is 0.363 e. The molecule has 1 aliphatic rings. The average molecular weight is 324 g/mol. The number of carbonyl (C=O) groups is 3. The molecule has 0 saturated carbocycles. The van der Waals surface area contributed by atoms with Crippen LogP contribution in [0.1, 0.15) is 23.2 Å². The van der Waals surface area contributed by atoms with Crippen LogP contribution >= 0.6 is 0 Å². The molecule has 0 aliphatic carbocycles.